The quantitative estimate of drug-likeness (QED) is 0.137. The Morgan fingerprint density at radius 1 is 0.483 bits per heavy atom. The molecule has 0 spiro atoms. The van der Waals surface area contributed by atoms with Crippen LogP contribution in [0.4, 0.5) is 0 Å². The van der Waals surface area contributed by atoms with Gasteiger partial charge >= 0.3 is 0 Å². The Balaban J connectivity index is 0.965. The summed E-state index contributed by atoms with van der Waals surface area (Å²) >= 11 is 0. The molecule has 2 N–H and O–H groups in total. The first-order valence-corrected chi connectivity index (χ1v) is 19.6. The van der Waals surface area contributed by atoms with Gasteiger partial charge in [0, 0.05) is 33.0 Å². The molecule has 0 bridgehead atoms. The molecular formula is C53H33N5. The van der Waals surface area contributed by atoms with Crippen molar-refractivity contribution in [1.82, 2.24) is 14.5 Å². The number of nitrogens with one attached hydrogen (secondary N) is 2. The molecule has 0 atom stereocenters. The van der Waals surface area contributed by atoms with Crippen LogP contribution in [0.2, 0.25) is 0 Å². The zero-order valence-electron chi connectivity index (χ0n) is 31.2. The van der Waals surface area contributed by atoms with Crippen LogP contribution in [-0.4, -0.2) is 20.4 Å². The highest BCUT2D eigenvalue weighted by atomic mass is 15.0. The summed E-state index contributed by atoms with van der Waals surface area (Å²) in [5, 5.41) is 17.8. The lowest BCUT2D eigenvalue weighted by molar-refractivity contribution is 1.05. The van der Waals surface area contributed by atoms with E-state index in [1.54, 1.807) is 0 Å². The number of hydrogen-bond acceptors (Lipinski definition) is 2. The number of amidine groups is 1. The fraction of sp³-hybridized carbons (Fsp3) is 0. The van der Waals surface area contributed by atoms with E-state index in [1.807, 2.05) is 30.3 Å². The van der Waals surface area contributed by atoms with Gasteiger partial charge in [-0.3, -0.25) is 5.41 Å². The molecule has 1 aliphatic carbocycles. The third kappa shape index (κ3) is 4.93. The van der Waals surface area contributed by atoms with E-state index in [9.17, 15) is 5.41 Å². The van der Waals surface area contributed by atoms with Crippen molar-refractivity contribution in [2.75, 3.05) is 0 Å². The van der Waals surface area contributed by atoms with Gasteiger partial charge in [0.15, 0.2) is 5.84 Å². The van der Waals surface area contributed by atoms with Crippen molar-refractivity contribution >= 4 is 60.1 Å². The standard InChI is InChI=1S/C53H33N5/c54-52(57-53-55-45-20-6-5-17-44(45)51(56-53)35-25-22-33(23-26-35)37-27-24-32-10-1-2-11-36(32)30-37)38-13-7-14-39(31-38)58-46-21-9-19-43-41-16-4-3-15-40(41)42-18-8-12-34-28-29-47(58)50(48(34)42)49(43)46/h1-31H,(H2,54,55,56,57). The maximum atomic E-state index is 9.30. The lowest BCUT2D eigenvalue weighted by atomic mass is 9.93. The maximum absolute atomic E-state index is 9.30. The van der Waals surface area contributed by atoms with E-state index in [0.717, 1.165) is 44.4 Å². The summed E-state index contributed by atoms with van der Waals surface area (Å²) in [6, 6.07) is 66.4. The minimum atomic E-state index is 0.128. The number of H-pyrrole nitrogens is 1. The molecule has 0 amide bonds. The monoisotopic (exact) mass is 739 g/mol. The summed E-state index contributed by atoms with van der Waals surface area (Å²) in [7, 11) is 0. The summed E-state index contributed by atoms with van der Waals surface area (Å²) in [4.78, 5) is 13.3. The van der Waals surface area contributed by atoms with E-state index in [0.29, 0.717) is 11.2 Å². The number of aromatic nitrogens is 3. The average molecular weight is 740 g/mol. The molecule has 0 fully saturated rings. The largest absolute Gasteiger partial charge is 0.323 e. The Hall–Kier alpha value is -7.89. The average Bonchev–Trinajstić information content (AvgIpc) is 3.57. The Morgan fingerprint density at radius 3 is 1.98 bits per heavy atom. The van der Waals surface area contributed by atoms with Crippen molar-refractivity contribution in [3.05, 3.63) is 199 Å². The van der Waals surface area contributed by atoms with Gasteiger partial charge in [-0.15, -0.1) is 0 Å². The molecule has 12 rings (SSSR count). The molecule has 1 aliphatic rings. The Bertz CT molecular complexity index is 3590. The van der Waals surface area contributed by atoms with E-state index in [-0.39, 0.29) is 5.84 Å². The third-order valence-electron chi connectivity index (χ3n) is 11.8. The fourth-order valence-electron chi connectivity index (χ4n) is 9.14. The van der Waals surface area contributed by atoms with Gasteiger partial charge in [-0.25, -0.2) is 4.98 Å². The van der Waals surface area contributed by atoms with Crippen molar-refractivity contribution < 1.29 is 0 Å². The first-order valence-electron chi connectivity index (χ1n) is 19.6. The van der Waals surface area contributed by atoms with Crippen LogP contribution in [0.5, 0.6) is 0 Å². The zero-order chi connectivity index (χ0) is 38.3. The summed E-state index contributed by atoms with van der Waals surface area (Å²) in [5.41, 5.74) is 14.3. The Morgan fingerprint density at radius 2 is 1.12 bits per heavy atom. The number of aromatic amines is 1. The highest BCUT2D eigenvalue weighted by Crippen LogP contribution is 2.49. The van der Waals surface area contributed by atoms with Crippen molar-refractivity contribution in [1.29, 1.82) is 5.41 Å². The second-order valence-electron chi connectivity index (χ2n) is 15.0. The van der Waals surface area contributed by atoms with Crippen molar-refractivity contribution in [3.63, 3.8) is 0 Å². The highest BCUT2D eigenvalue weighted by Gasteiger charge is 2.24. The van der Waals surface area contributed by atoms with Gasteiger partial charge in [0.2, 0.25) is 5.62 Å². The van der Waals surface area contributed by atoms with Crippen LogP contribution < -0.4 is 5.62 Å². The molecule has 0 radical (unpaired) electrons. The van der Waals surface area contributed by atoms with Crippen LogP contribution in [0.1, 0.15) is 5.56 Å². The van der Waals surface area contributed by atoms with Crippen LogP contribution in [-0.2, 0) is 0 Å². The number of rotatable bonds is 4. The van der Waals surface area contributed by atoms with Crippen LogP contribution in [0.3, 0.4) is 0 Å². The normalized spacial score (nSPS) is 12.3. The topological polar surface area (TPSA) is 69.8 Å². The van der Waals surface area contributed by atoms with Crippen LogP contribution in [0, 0.1) is 5.41 Å². The molecule has 0 saturated heterocycles. The molecule has 9 aromatic carbocycles. The smallest absolute Gasteiger partial charge is 0.229 e. The van der Waals surface area contributed by atoms with Crippen LogP contribution >= 0.6 is 0 Å². The molecule has 0 aliphatic heterocycles. The van der Waals surface area contributed by atoms with Gasteiger partial charge in [0.1, 0.15) is 0 Å². The van der Waals surface area contributed by atoms with E-state index >= 15 is 0 Å². The first-order chi connectivity index (χ1) is 28.7. The summed E-state index contributed by atoms with van der Waals surface area (Å²) in [5.74, 6) is 0.128. The Kier molecular flexibility index (Phi) is 7.01. The van der Waals surface area contributed by atoms with Crippen molar-refractivity contribution in [3.8, 4) is 50.3 Å². The zero-order valence-corrected chi connectivity index (χ0v) is 31.2. The summed E-state index contributed by atoms with van der Waals surface area (Å²) in [6.45, 7) is 0. The molecule has 11 aromatic rings. The van der Waals surface area contributed by atoms with Crippen LogP contribution in [0.15, 0.2) is 193 Å². The number of fused-ring (bicyclic) bond motifs is 5. The molecule has 2 heterocycles. The molecular weight excluding hydrogens is 707 g/mol. The van der Waals surface area contributed by atoms with Gasteiger partial charge < -0.3 is 9.55 Å². The molecule has 270 valence electrons. The van der Waals surface area contributed by atoms with E-state index in [2.05, 4.69) is 167 Å². The second-order valence-corrected chi connectivity index (χ2v) is 15.0. The van der Waals surface area contributed by atoms with E-state index < -0.39 is 0 Å². The number of benzene rings is 9. The number of hydrogen-bond donors (Lipinski definition) is 2. The lowest BCUT2D eigenvalue weighted by Gasteiger charge is -2.14. The van der Waals surface area contributed by atoms with E-state index in [1.165, 1.54) is 60.1 Å². The molecule has 0 unspecified atom stereocenters. The highest BCUT2D eigenvalue weighted by molar-refractivity contribution is 6.30. The van der Waals surface area contributed by atoms with Gasteiger partial charge in [-0.1, -0.05) is 152 Å². The number of para-hydroxylation sites is 1. The maximum Gasteiger partial charge on any atom is 0.229 e. The predicted molar refractivity (Wildman–Crippen MR) is 240 cm³/mol. The van der Waals surface area contributed by atoms with Gasteiger partial charge in [0.25, 0.3) is 0 Å². The van der Waals surface area contributed by atoms with Crippen LogP contribution in [0.25, 0.3) is 105 Å². The van der Waals surface area contributed by atoms with Gasteiger partial charge in [-0.2, -0.15) is 4.99 Å². The predicted octanol–water partition coefficient (Wildman–Crippen LogP) is 12.9. The first kappa shape index (κ1) is 32.4. The minimum absolute atomic E-state index is 0.128. The second kappa shape index (κ2) is 12.6. The third-order valence-corrected chi connectivity index (χ3v) is 11.8. The molecule has 58 heavy (non-hydrogen) atoms. The van der Waals surface area contributed by atoms with Gasteiger partial charge in [-0.05, 0) is 91.3 Å². The van der Waals surface area contributed by atoms with Crippen molar-refractivity contribution in [2.24, 2.45) is 4.99 Å². The molecule has 2 aromatic heterocycles. The van der Waals surface area contributed by atoms with Gasteiger partial charge in [0.05, 0.1) is 22.2 Å². The SMILES string of the molecule is N=C(N=c1nc(-c2ccc(-c3ccc4ccccc4c3)cc2)c2ccccc2[nH]1)c1cccc(-n2c3cccc4c3c3c5c(cccc5ccc32)-c2ccccc2-4)c1. The number of nitrogens with zero attached hydrogens (tertiary/aromatic N) is 3. The molecule has 5 nitrogen and oxygen atoms in total. The summed E-state index contributed by atoms with van der Waals surface area (Å²) < 4.78 is 2.34. The Labute approximate surface area is 333 Å². The molecule has 0 saturated carbocycles. The van der Waals surface area contributed by atoms with Crippen molar-refractivity contribution in [2.45, 2.75) is 0 Å². The lowest BCUT2D eigenvalue weighted by Crippen LogP contribution is -2.17. The fourth-order valence-corrected chi connectivity index (χ4v) is 9.14. The van der Waals surface area contributed by atoms with E-state index in [4.69, 9.17) is 9.98 Å². The molecule has 5 heteroatoms. The summed E-state index contributed by atoms with van der Waals surface area (Å²) in [6.07, 6.45) is 0. The minimum Gasteiger partial charge on any atom is -0.323 e.